The molecule has 0 spiro atoms. The lowest BCUT2D eigenvalue weighted by atomic mass is 10.2. The van der Waals surface area contributed by atoms with Gasteiger partial charge in [0.25, 0.3) is 5.91 Å². The highest BCUT2D eigenvalue weighted by atomic mass is 16.6. The molecule has 1 unspecified atom stereocenters. The third-order valence-electron chi connectivity index (χ3n) is 3.92. The van der Waals surface area contributed by atoms with Crippen molar-refractivity contribution in [3.63, 3.8) is 0 Å². The molecule has 1 aromatic rings. The Bertz CT molecular complexity index is 633. The molecule has 2 aliphatic rings. The Hall–Kier alpha value is -2.54. The van der Waals surface area contributed by atoms with E-state index in [1.165, 1.54) is 6.08 Å². The Kier molecular flexibility index (Phi) is 5.00. The molecule has 1 aromatic carbocycles. The highest BCUT2D eigenvalue weighted by Gasteiger charge is 2.29. The summed E-state index contributed by atoms with van der Waals surface area (Å²) in [6.07, 6.45) is 0.295. The number of amides is 2. The number of rotatable bonds is 4. The molecule has 7 heteroatoms. The number of morpholine rings is 1. The topological polar surface area (TPSA) is 77.1 Å². The molecule has 0 aromatic heterocycles. The summed E-state index contributed by atoms with van der Waals surface area (Å²) >= 11 is 0. The van der Waals surface area contributed by atoms with Crippen molar-refractivity contribution in [2.75, 3.05) is 32.8 Å². The molecule has 1 N–H and O–H groups in total. The van der Waals surface area contributed by atoms with Gasteiger partial charge in [0.05, 0.1) is 19.7 Å². The van der Waals surface area contributed by atoms with E-state index in [4.69, 9.17) is 14.2 Å². The molecule has 3 rings (SSSR count). The van der Waals surface area contributed by atoms with Crippen LogP contribution in [0.25, 0.3) is 0 Å². The van der Waals surface area contributed by atoms with E-state index in [1.54, 1.807) is 4.90 Å². The maximum atomic E-state index is 12.2. The Morgan fingerprint density at radius 2 is 2.12 bits per heavy atom. The highest BCUT2D eigenvalue weighted by molar-refractivity contribution is 5.88. The summed E-state index contributed by atoms with van der Waals surface area (Å²) in [5.41, 5.74) is 0. The van der Waals surface area contributed by atoms with Gasteiger partial charge in [-0.1, -0.05) is 18.7 Å². The van der Waals surface area contributed by atoms with Crippen LogP contribution in [0.5, 0.6) is 11.5 Å². The molecule has 2 aliphatic heterocycles. The summed E-state index contributed by atoms with van der Waals surface area (Å²) in [6.45, 7) is 5.15. The van der Waals surface area contributed by atoms with Crippen molar-refractivity contribution in [3.8, 4) is 11.5 Å². The van der Waals surface area contributed by atoms with E-state index < -0.39 is 6.10 Å². The minimum atomic E-state index is -0.681. The number of hydrogen-bond donors (Lipinski definition) is 1. The zero-order chi connectivity index (χ0) is 16.9. The van der Waals surface area contributed by atoms with Crippen LogP contribution < -0.4 is 14.8 Å². The molecular formula is C17H20N2O5. The largest absolute Gasteiger partial charge is 0.486 e. The van der Waals surface area contributed by atoms with Crippen LogP contribution >= 0.6 is 0 Å². The van der Waals surface area contributed by atoms with Gasteiger partial charge in [-0.2, -0.15) is 0 Å². The van der Waals surface area contributed by atoms with Gasteiger partial charge in [-0.25, -0.2) is 0 Å². The summed E-state index contributed by atoms with van der Waals surface area (Å²) < 4.78 is 16.8. The minimum Gasteiger partial charge on any atom is -0.486 e. The van der Waals surface area contributed by atoms with Crippen molar-refractivity contribution in [1.82, 2.24) is 10.2 Å². The Labute approximate surface area is 140 Å². The van der Waals surface area contributed by atoms with Crippen LogP contribution in [0.2, 0.25) is 0 Å². The van der Waals surface area contributed by atoms with Gasteiger partial charge in [-0.15, -0.1) is 0 Å². The zero-order valence-electron chi connectivity index (χ0n) is 13.3. The predicted octanol–water partition coefficient (Wildman–Crippen LogP) is 0.356. The van der Waals surface area contributed by atoms with Crippen LogP contribution in [0.4, 0.5) is 0 Å². The van der Waals surface area contributed by atoms with Crippen molar-refractivity contribution >= 4 is 11.8 Å². The van der Waals surface area contributed by atoms with E-state index in [2.05, 4.69) is 11.9 Å². The van der Waals surface area contributed by atoms with E-state index in [1.807, 2.05) is 24.3 Å². The van der Waals surface area contributed by atoms with E-state index in [0.717, 1.165) is 0 Å². The van der Waals surface area contributed by atoms with Crippen molar-refractivity contribution in [1.29, 1.82) is 0 Å². The van der Waals surface area contributed by atoms with Crippen molar-refractivity contribution in [2.45, 2.75) is 12.2 Å². The van der Waals surface area contributed by atoms with Crippen molar-refractivity contribution < 1.29 is 23.8 Å². The lowest BCUT2D eigenvalue weighted by molar-refractivity contribution is -0.144. The number of hydrogen-bond acceptors (Lipinski definition) is 5. The predicted molar refractivity (Wildman–Crippen MR) is 85.9 cm³/mol. The second kappa shape index (κ2) is 7.35. The Morgan fingerprint density at radius 1 is 1.33 bits per heavy atom. The lowest BCUT2D eigenvalue weighted by Crippen LogP contribution is -2.52. The molecule has 1 saturated heterocycles. The highest BCUT2D eigenvalue weighted by Crippen LogP contribution is 2.30. The van der Waals surface area contributed by atoms with Crippen LogP contribution in [0.3, 0.4) is 0 Å². The lowest BCUT2D eigenvalue weighted by Gasteiger charge is -2.32. The average Bonchev–Trinajstić information content (AvgIpc) is 2.65. The van der Waals surface area contributed by atoms with E-state index in [-0.39, 0.29) is 24.5 Å². The first-order valence-electron chi connectivity index (χ1n) is 7.86. The standard InChI is InChI=1S/C17H20N2O5/c1-2-16(20)19-7-8-22-15(10-19)17(21)18-9-12-11-23-13-5-3-4-6-14(13)24-12/h2-6,12,15H,1,7-11H2,(H,18,21)/t12?,15-/m1/s1. The third-order valence-corrected chi connectivity index (χ3v) is 3.92. The first kappa shape index (κ1) is 16.3. The molecule has 0 aliphatic carbocycles. The van der Waals surface area contributed by atoms with Crippen LogP contribution in [-0.2, 0) is 14.3 Å². The first-order chi connectivity index (χ1) is 11.7. The average molecular weight is 332 g/mol. The quantitative estimate of drug-likeness (QED) is 0.806. The minimum absolute atomic E-state index is 0.197. The van der Waals surface area contributed by atoms with Crippen LogP contribution in [-0.4, -0.2) is 61.8 Å². The Balaban J connectivity index is 1.49. The van der Waals surface area contributed by atoms with Crippen molar-refractivity contribution in [2.24, 2.45) is 0 Å². The second-order valence-electron chi connectivity index (χ2n) is 5.59. The molecule has 1 fully saturated rings. The summed E-state index contributed by atoms with van der Waals surface area (Å²) in [5.74, 6) is 0.907. The number of carbonyl (C=O) groups is 2. The number of carbonyl (C=O) groups excluding carboxylic acids is 2. The van der Waals surface area contributed by atoms with E-state index in [9.17, 15) is 9.59 Å². The number of nitrogens with zero attached hydrogens (tertiary/aromatic N) is 1. The van der Waals surface area contributed by atoms with Gasteiger partial charge < -0.3 is 24.4 Å². The number of benzene rings is 1. The molecule has 128 valence electrons. The third kappa shape index (κ3) is 3.68. The number of para-hydroxylation sites is 2. The molecule has 2 amide bonds. The van der Waals surface area contributed by atoms with Gasteiger partial charge in [0.15, 0.2) is 17.6 Å². The second-order valence-corrected chi connectivity index (χ2v) is 5.59. The maximum Gasteiger partial charge on any atom is 0.251 e. The first-order valence-corrected chi connectivity index (χ1v) is 7.86. The molecule has 0 bridgehead atoms. The maximum absolute atomic E-state index is 12.2. The molecular weight excluding hydrogens is 312 g/mol. The van der Waals surface area contributed by atoms with Gasteiger partial charge >= 0.3 is 0 Å². The van der Waals surface area contributed by atoms with Crippen molar-refractivity contribution in [3.05, 3.63) is 36.9 Å². The molecule has 0 saturated carbocycles. The van der Waals surface area contributed by atoms with Gasteiger partial charge in [0.1, 0.15) is 12.7 Å². The fraction of sp³-hybridized carbons (Fsp3) is 0.412. The SMILES string of the molecule is C=CC(=O)N1CCO[C@@H](C(=O)NCC2COc3ccccc3O2)C1. The number of nitrogens with one attached hydrogen (secondary N) is 1. The van der Waals surface area contributed by atoms with E-state index >= 15 is 0 Å². The molecule has 24 heavy (non-hydrogen) atoms. The summed E-state index contributed by atoms with van der Waals surface area (Å²) in [7, 11) is 0. The normalized spacial score (nSPS) is 22.6. The molecule has 2 atom stereocenters. The van der Waals surface area contributed by atoms with Crippen LogP contribution in [0, 0.1) is 0 Å². The summed E-state index contributed by atoms with van der Waals surface area (Å²) in [4.78, 5) is 25.4. The van der Waals surface area contributed by atoms with Gasteiger partial charge in [-0.3, -0.25) is 9.59 Å². The molecule has 2 heterocycles. The Morgan fingerprint density at radius 3 is 2.92 bits per heavy atom. The summed E-state index contributed by atoms with van der Waals surface area (Å²) in [6, 6.07) is 7.41. The van der Waals surface area contributed by atoms with Crippen LogP contribution in [0.15, 0.2) is 36.9 Å². The monoisotopic (exact) mass is 332 g/mol. The fourth-order valence-corrected chi connectivity index (χ4v) is 2.63. The van der Waals surface area contributed by atoms with Gasteiger partial charge in [0, 0.05) is 6.54 Å². The smallest absolute Gasteiger partial charge is 0.251 e. The van der Waals surface area contributed by atoms with Crippen LogP contribution in [0.1, 0.15) is 0 Å². The molecule has 0 radical (unpaired) electrons. The van der Waals surface area contributed by atoms with E-state index in [0.29, 0.717) is 37.8 Å². The number of ether oxygens (including phenoxy) is 3. The van der Waals surface area contributed by atoms with Gasteiger partial charge in [-0.05, 0) is 18.2 Å². The molecule has 7 nitrogen and oxygen atoms in total. The van der Waals surface area contributed by atoms with Gasteiger partial charge in [0.2, 0.25) is 5.91 Å². The number of fused-ring (bicyclic) bond motifs is 1. The zero-order valence-corrected chi connectivity index (χ0v) is 13.3. The fourth-order valence-electron chi connectivity index (χ4n) is 2.63. The summed E-state index contributed by atoms with van der Waals surface area (Å²) in [5, 5.41) is 2.80.